The van der Waals surface area contributed by atoms with Gasteiger partial charge in [-0.05, 0) is 43.3 Å². The maximum Gasteiger partial charge on any atom is 0.338 e. The van der Waals surface area contributed by atoms with E-state index in [1.54, 1.807) is 97.9 Å². The zero-order valence-electron chi connectivity index (χ0n) is 24.0. The van der Waals surface area contributed by atoms with E-state index in [0.29, 0.717) is 5.56 Å². The van der Waals surface area contributed by atoms with Crippen molar-refractivity contribution in [3.63, 3.8) is 0 Å². The van der Waals surface area contributed by atoms with E-state index < -0.39 is 41.9 Å². The van der Waals surface area contributed by atoms with Crippen molar-refractivity contribution in [2.45, 2.75) is 31.0 Å². The summed E-state index contributed by atoms with van der Waals surface area (Å²) in [7, 11) is 0. The summed E-state index contributed by atoms with van der Waals surface area (Å²) in [4.78, 5) is 52.5. The number of imidazole rings is 1. The summed E-state index contributed by atoms with van der Waals surface area (Å²) in [5, 5.41) is 0. The summed E-state index contributed by atoms with van der Waals surface area (Å²) < 4.78 is 25.7. The SMILES string of the molecule is C[C@@]1(OC(=O)c2ccccc2)[C@H](OC(=O)c2ccccc2)[C@@H](COC(=O)c2ccccc2)O[C@H]1n1cnc2c(N)nc(N)nc21. The molecule has 1 fully saturated rings. The van der Waals surface area contributed by atoms with Crippen molar-refractivity contribution in [3.05, 3.63) is 114 Å². The lowest BCUT2D eigenvalue weighted by molar-refractivity contribution is -0.108. The van der Waals surface area contributed by atoms with Crippen LogP contribution in [0.4, 0.5) is 11.8 Å². The van der Waals surface area contributed by atoms with Gasteiger partial charge in [-0.15, -0.1) is 0 Å². The molecule has 1 saturated heterocycles. The number of benzene rings is 3. The Morgan fingerprint density at radius 3 is 1.98 bits per heavy atom. The molecule has 3 aromatic carbocycles. The molecule has 0 aliphatic carbocycles. The summed E-state index contributed by atoms with van der Waals surface area (Å²) in [6, 6.07) is 25.0. The maximum atomic E-state index is 13.6. The van der Waals surface area contributed by atoms with Gasteiger partial charge in [0.2, 0.25) is 5.95 Å². The van der Waals surface area contributed by atoms with Crippen molar-refractivity contribution >= 4 is 40.8 Å². The standard InChI is InChI=1S/C32H28N6O7/c1-32(45-29(41)21-15-9-4-10-16-21)24(44-28(40)20-13-7-3-8-14-20)22(17-42-27(39)19-11-5-2-6-12-19)43-30(32)38-18-35-23-25(33)36-31(34)37-26(23)38/h2-16,18,22,24,30H,17H2,1H3,(H4,33,34,36,37)/t22-,24-,30-,32-/m1/s1. The third-order valence-electron chi connectivity index (χ3n) is 7.37. The molecule has 0 radical (unpaired) electrons. The monoisotopic (exact) mass is 608 g/mol. The Hall–Kier alpha value is -5.82. The number of ether oxygens (including phenoxy) is 4. The molecule has 1 aliphatic heterocycles. The van der Waals surface area contributed by atoms with E-state index in [-0.39, 0.29) is 40.7 Å². The minimum atomic E-state index is -1.73. The predicted octanol–water partition coefficient (Wildman–Crippen LogP) is 3.59. The summed E-state index contributed by atoms with van der Waals surface area (Å²) in [6.45, 7) is 1.20. The molecule has 2 aromatic heterocycles. The topological polar surface area (TPSA) is 184 Å². The molecular weight excluding hydrogens is 580 g/mol. The van der Waals surface area contributed by atoms with Crippen LogP contribution in [0.15, 0.2) is 97.3 Å². The Morgan fingerprint density at radius 2 is 1.38 bits per heavy atom. The molecule has 0 spiro atoms. The fraction of sp³-hybridized carbons (Fsp3) is 0.188. The summed E-state index contributed by atoms with van der Waals surface area (Å²) >= 11 is 0. The Balaban J connectivity index is 1.43. The zero-order chi connectivity index (χ0) is 31.6. The number of hydrogen-bond donors (Lipinski definition) is 2. The average molecular weight is 609 g/mol. The van der Waals surface area contributed by atoms with Gasteiger partial charge < -0.3 is 30.4 Å². The van der Waals surface area contributed by atoms with Gasteiger partial charge in [-0.1, -0.05) is 54.6 Å². The lowest BCUT2D eigenvalue weighted by atomic mass is 9.95. The Morgan fingerprint density at radius 1 is 0.822 bits per heavy atom. The van der Waals surface area contributed by atoms with Crippen molar-refractivity contribution in [2.75, 3.05) is 18.1 Å². The number of aromatic nitrogens is 4. The molecule has 5 aromatic rings. The van der Waals surface area contributed by atoms with Crippen LogP contribution in [0.3, 0.4) is 0 Å². The lowest BCUT2D eigenvalue weighted by Crippen LogP contribution is -2.50. The Bertz CT molecular complexity index is 1850. The van der Waals surface area contributed by atoms with Crippen LogP contribution in [0.1, 0.15) is 44.2 Å². The van der Waals surface area contributed by atoms with Crippen molar-refractivity contribution in [3.8, 4) is 0 Å². The van der Waals surface area contributed by atoms with Gasteiger partial charge in [-0.3, -0.25) is 4.57 Å². The third kappa shape index (κ3) is 5.76. The van der Waals surface area contributed by atoms with Crippen LogP contribution < -0.4 is 11.5 Å². The number of anilines is 2. The van der Waals surface area contributed by atoms with Crippen LogP contribution in [-0.2, 0) is 18.9 Å². The van der Waals surface area contributed by atoms with Gasteiger partial charge >= 0.3 is 17.9 Å². The number of nitrogens with two attached hydrogens (primary N) is 2. The molecule has 13 nitrogen and oxygen atoms in total. The fourth-order valence-electron chi connectivity index (χ4n) is 5.18. The summed E-state index contributed by atoms with van der Waals surface area (Å²) in [5.74, 6) is -2.15. The van der Waals surface area contributed by atoms with Crippen LogP contribution in [0, 0.1) is 0 Å². The highest BCUT2D eigenvalue weighted by Crippen LogP contribution is 2.45. The first-order valence-corrected chi connectivity index (χ1v) is 13.9. The van der Waals surface area contributed by atoms with Gasteiger partial charge in [0.25, 0.3) is 0 Å². The van der Waals surface area contributed by atoms with Gasteiger partial charge in [0.1, 0.15) is 18.2 Å². The Labute approximate surface area is 256 Å². The van der Waals surface area contributed by atoms with E-state index in [4.69, 9.17) is 30.4 Å². The van der Waals surface area contributed by atoms with Crippen LogP contribution in [0.25, 0.3) is 11.2 Å². The molecular formula is C32H28N6O7. The molecule has 0 amide bonds. The fourth-order valence-corrected chi connectivity index (χ4v) is 5.18. The number of hydrogen-bond acceptors (Lipinski definition) is 12. The van der Waals surface area contributed by atoms with Gasteiger partial charge in [-0.25, -0.2) is 19.4 Å². The largest absolute Gasteiger partial charge is 0.459 e. The van der Waals surface area contributed by atoms with Crippen LogP contribution >= 0.6 is 0 Å². The minimum Gasteiger partial charge on any atom is -0.459 e. The molecule has 4 atom stereocenters. The van der Waals surface area contributed by atoms with Crippen LogP contribution in [0.5, 0.6) is 0 Å². The minimum absolute atomic E-state index is 0.0256. The molecule has 0 unspecified atom stereocenters. The molecule has 4 N–H and O–H groups in total. The molecule has 13 heteroatoms. The highest BCUT2D eigenvalue weighted by molar-refractivity contribution is 5.91. The first-order valence-electron chi connectivity index (χ1n) is 13.9. The normalized spacial score (nSPS) is 20.9. The van der Waals surface area contributed by atoms with Gasteiger partial charge in [0, 0.05) is 0 Å². The van der Waals surface area contributed by atoms with Gasteiger partial charge in [0.15, 0.2) is 29.4 Å². The summed E-state index contributed by atoms with van der Waals surface area (Å²) in [5.41, 5.74) is 11.4. The molecule has 0 bridgehead atoms. The van der Waals surface area contributed by atoms with E-state index >= 15 is 0 Å². The van der Waals surface area contributed by atoms with Crippen LogP contribution in [0.2, 0.25) is 0 Å². The summed E-state index contributed by atoms with van der Waals surface area (Å²) in [6.07, 6.45) is -2.24. The van der Waals surface area contributed by atoms with E-state index in [9.17, 15) is 14.4 Å². The Kier molecular flexibility index (Phi) is 7.84. The molecule has 3 heterocycles. The second kappa shape index (κ2) is 12.1. The highest BCUT2D eigenvalue weighted by Gasteiger charge is 2.60. The van der Waals surface area contributed by atoms with Gasteiger partial charge in [0.05, 0.1) is 23.0 Å². The molecule has 228 valence electrons. The second-order valence-electron chi connectivity index (χ2n) is 10.4. The molecule has 45 heavy (non-hydrogen) atoms. The van der Waals surface area contributed by atoms with Crippen molar-refractivity contribution in [1.29, 1.82) is 0 Å². The molecule has 0 saturated carbocycles. The number of carbonyl (C=O) groups is 3. The number of nitrogen functional groups attached to an aromatic ring is 2. The zero-order valence-corrected chi connectivity index (χ0v) is 24.0. The first kappa shape index (κ1) is 29.3. The smallest absolute Gasteiger partial charge is 0.338 e. The number of esters is 3. The van der Waals surface area contributed by atoms with Crippen molar-refractivity contribution < 1.29 is 33.3 Å². The average Bonchev–Trinajstić information content (AvgIpc) is 3.59. The quantitative estimate of drug-likeness (QED) is 0.193. The van der Waals surface area contributed by atoms with Crippen molar-refractivity contribution in [2.24, 2.45) is 0 Å². The van der Waals surface area contributed by atoms with E-state index in [1.807, 2.05) is 0 Å². The molecule has 6 rings (SSSR count). The number of rotatable bonds is 8. The van der Waals surface area contributed by atoms with Gasteiger partial charge in [-0.2, -0.15) is 9.97 Å². The van der Waals surface area contributed by atoms with E-state index in [0.717, 1.165) is 0 Å². The van der Waals surface area contributed by atoms with Crippen molar-refractivity contribution in [1.82, 2.24) is 19.5 Å². The number of fused-ring (bicyclic) bond motifs is 1. The maximum absolute atomic E-state index is 13.6. The number of nitrogens with zero attached hydrogens (tertiary/aromatic N) is 4. The van der Waals surface area contributed by atoms with Crippen LogP contribution in [-0.4, -0.2) is 61.8 Å². The third-order valence-corrected chi connectivity index (χ3v) is 7.37. The lowest BCUT2D eigenvalue weighted by Gasteiger charge is -2.34. The first-order chi connectivity index (χ1) is 21.7. The van der Waals surface area contributed by atoms with E-state index in [2.05, 4.69) is 15.0 Å². The van der Waals surface area contributed by atoms with E-state index in [1.165, 1.54) is 10.9 Å². The molecule has 1 aliphatic rings. The second-order valence-corrected chi connectivity index (χ2v) is 10.4. The number of carbonyl (C=O) groups excluding carboxylic acids is 3. The highest BCUT2D eigenvalue weighted by atomic mass is 16.7. The predicted molar refractivity (Wildman–Crippen MR) is 161 cm³/mol.